The molecule has 3 aromatic carbocycles. The summed E-state index contributed by atoms with van der Waals surface area (Å²) in [6.45, 7) is 0.724. The molecule has 1 aliphatic rings. The maximum absolute atomic E-state index is 10.9. The smallest absolute Gasteiger partial charge is 0.328 e. The molecule has 0 spiro atoms. The van der Waals surface area contributed by atoms with E-state index in [-0.39, 0.29) is 0 Å². The van der Waals surface area contributed by atoms with E-state index >= 15 is 0 Å². The van der Waals surface area contributed by atoms with Crippen LogP contribution in [0.15, 0.2) is 60.7 Å². The fourth-order valence-corrected chi connectivity index (χ4v) is 4.25. The Morgan fingerprint density at radius 3 is 2.55 bits per heavy atom. The highest BCUT2D eigenvalue weighted by Gasteiger charge is 2.16. The van der Waals surface area contributed by atoms with Gasteiger partial charge in [0.05, 0.1) is 13.7 Å². The minimum absolute atomic E-state index is 0.609. The molecule has 0 bridgehead atoms. The van der Waals surface area contributed by atoms with Gasteiger partial charge in [-0.2, -0.15) is 0 Å². The first-order valence-corrected chi connectivity index (χ1v) is 10.9. The minimum Gasteiger partial charge on any atom is -0.497 e. The van der Waals surface area contributed by atoms with E-state index in [0.717, 1.165) is 51.6 Å². The molecule has 1 saturated carbocycles. The van der Waals surface area contributed by atoms with E-state index in [0.29, 0.717) is 5.92 Å². The van der Waals surface area contributed by atoms with Gasteiger partial charge in [-0.1, -0.05) is 43.5 Å². The van der Waals surface area contributed by atoms with Crippen molar-refractivity contribution in [1.82, 2.24) is 0 Å². The monoisotopic (exact) mass is 416 g/mol. The highest BCUT2D eigenvalue weighted by molar-refractivity contribution is 5.90. The molecule has 0 aliphatic heterocycles. The van der Waals surface area contributed by atoms with Crippen molar-refractivity contribution in [3.63, 3.8) is 0 Å². The Morgan fingerprint density at radius 2 is 1.77 bits per heavy atom. The molecule has 3 aromatic rings. The van der Waals surface area contributed by atoms with Gasteiger partial charge in [0.15, 0.2) is 0 Å². The number of carboxylic acids is 1. The Labute approximate surface area is 183 Å². The number of carboxylic acid groups (broad SMARTS) is 1. The lowest BCUT2D eigenvalue weighted by Gasteiger charge is -2.22. The van der Waals surface area contributed by atoms with Crippen LogP contribution in [-0.2, 0) is 4.79 Å². The Morgan fingerprint density at radius 1 is 1.00 bits per heavy atom. The first-order valence-electron chi connectivity index (χ1n) is 10.9. The van der Waals surface area contributed by atoms with Crippen LogP contribution in [0.25, 0.3) is 28.0 Å². The molecule has 0 saturated heterocycles. The van der Waals surface area contributed by atoms with Crippen molar-refractivity contribution in [3.05, 3.63) is 66.2 Å². The van der Waals surface area contributed by atoms with Gasteiger partial charge in [0.25, 0.3) is 0 Å². The van der Waals surface area contributed by atoms with Gasteiger partial charge in [0.2, 0.25) is 0 Å². The molecule has 0 atom stereocenters. The van der Waals surface area contributed by atoms with Crippen LogP contribution in [0.4, 0.5) is 0 Å². The number of fused-ring (bicyclic) bond motifs is 1. The van der Waals surface area contributed by atoms with Crippen LogP contribution in [0.1, 0.15) is 37.7 Å². The van der Waals surface area contributed by atoms with Crippen LogP contribution in [0.3, 0.4) is 0 Å². The maximum Gasteiger partial charge on any atom is 0.328 e. The Bertz CT molecular complexity index is 1090. The number of rotatable bonds is 7. The third-order valence-electron chi connectivity index (χ3n) is 5.98. The van der Waals surface area contributed by atoms with Gasteiger partial charge in [0, 0.05) is 11.6 Å². The quantitative estimate of drug-likeness (QED) is 0.443. The van der Waals surface area contributed by atoms with E-state index in [1.807, 2.05) is 30.3 Å². The summed E-state index contributed by atoms with van der Waals surface area (Å²) < 4.78 is 11.6. The van der Waals surface area contributed by atoms with Crippen LogP contribution in [0.5, 0.6) is 11.5 Å². The highest BCUT2D eigenvalue weighted by Crippen LogP contribution is 2.35. The van der Waals surface area contributed by atoms with Gasteiger partial charge in [-0.05, 0) is 77.1 Å². The minimum atomic E-state index is -0.959. The fraction of sp³-hybridized carbons (Fsp3) is 0.296. The maximum atomic E-state index is 10.9. The molecule has 0 aromatic heterocycles. The molecule has 1 fully saturated rings. The molecule has 4 nitrogen and oxygen atoms in total. The number of ether oxygens (including phenoxy) is 2. The number of carbonyl (C=O) groups is 1. The summed E-state index contributed by atoms with van der Waals surface area (Å²) in [6.07, 6.45) is 9.13. The van der Waals surface area contributed by atoms with Gasteiger partial charge in [-0.25, -0.2) is 4.79 Å². The van der Waals surface area contributed by atoms with Crippen molar-refractivity contribution in [3.8, 4) is 22.6 Å². The van der Waals surface area contributed by atoms with E-state index in [1.54, 1.807) is 13.2 Å². The summed E-state index contributed by atoms with van der Waals surface area (Å²) in [4.78, 5) is 10.9. The summed E-state index contributed by atoms with van der Waals surface area (Å²) in [5, 5.41) is 11.2. The molecule has 1 aliphatic carbocycles. The third-order valence-corrected chi connectivity index (χ3v) is 5.98. The van der Waals surface area contributed by atoms with Gasteiger partial charge < -0.3 is 14.6 Å². The number of aliphatic carboxylic acids is 1. The van der Waals surface area contributed by atoms with Crippen LogP contribution in [0, 0.1) is 5.92 Å². The average Bonchev–Trinajstić information content (AvgIpc) is 2.81. The molecule has 160 valence electrons. The molecule has 0 radical (unpaired) electrons. The average molecular weight is 417 g/mol. The van der Waals surface area contributed by atoms with E-state index < -0.39 is 5.97 Å². The summed E-state index contributed by atoms with van der Waals surface area (Å²) in [7, 11) is 1.67. The van der Waals surface area contributed by atoms with Crippen LogP contribution in [-0.4, -0.2) is 24.8 Å². The molecule has 0 unspecified atom stereocenters. The molecule has 4 heteroatoms. The third kappa shape index (κ3) is 5.26. The van der Waals surface area contributed by atoms with Gasteiger partial charge in [0.1, 0.15) is 11.5 Å². The predicted molar refractivity (Wildman–Crippen MR) is 125 cm³/mol. The van der Waals surface area contributed by atoms with E-state index in [2.05, 4.69) is 24.3 Å². The van der Waals surface area contributed by atoms with E-state index in [4.69, 9.17) is 14.6 Å². The second-order valence-corrected chi connectivity index (χ2v) is 8.17. The van der Waals surface area contributed by atoms with Crippen molar-refractivity contribution >= 4 is 22.8 Å². The van der Waals surface area contributed by atoms with Crippen LogP contribution >= 0.6 is 0 Å². The Balaban J connectivity index is 1.68. The van der Waals surface area contributed by atoms with Crippen molar-refractivity contribution in [2.45, 2.75) is 32.1 Å². The molecule has 0 amide bonds. The normalized spacial score (nSPS) is 14.7. The van der Waals surface area contributed by atoms with Crippen LogP contribution < -0.4 is 9.47 Å². The summed E-state index contributed by atoms with van der Waals surface area (Å²) in [5.74, 6) is 1.32. The first kappa shape index (κ1) is 21.0. The van der Waals surface area contributed by atoms with Crippen molar-refractivity contribution < 1.29 is 19.4 Å². The second kappa shape index (κ2) is 9.69. The van der Waals surface area contributed by atoms with Crippen molar-refractivity contribution in [2.75, 3.05) is 13.7 Å². The number of hydrogen-bond donors (Lipinski definition) is 1. The second-order valence-electron chi connectivity index (χ2n) is 8.17. The SMILES string of the molecule is COc1ccc2cc(-c3cc(C=CC(=O)O)ccc3OCC3CCCCC3)ccc2c1. The molecule has 0 heterocycles. The summed E-state index contributed by atoms with van der Waals surface area (Å²) in [5.41, 5.74) is 2.85. The van der Waals surface area contributed by atoms with E-state index in [1.165, 1.54) is 32.1 Å². The number of hydrogen-bond acceptors (Lipinski definition) is 3. The largest absolute Gasteiger partial charge is 0.497 e. The van der Waals surface area contributed by atoms with Gasteiger partial charge >= 0.3 is 5.97 Å². The zero-order chi connectivity index (χ0) is 21.6. The van der Waals surface area contributed by atoms with Crippen molar-refractivity contribution in [1.29, 1.82) is 0 Å². The predicted octanol–water partition coefficient (Wildman–Crippen LogP) is 6.57. The van der Waals surface area contributed by atoms with Crippen molar-refractivity contribution in [2.24, 2.45) is 5.92 Å². The van der Waals surface area contributed by atoms with Gasteiger partial charge in [-0.15, -0.1) is 0 Å². The molecule has 31 heavy (non-hydrogen) atoms. The Kier molecular flexibility index (Phi) is 6.56. The lowest BCUT2D eigenvalue weighted by Crippen LogP contribution is -2.15. The lowest BCUT2D eigenvalue weighted by molar-refractivity contribution is -0.131. The number of methoxy groups -OCH3 is 1. The highest BCUT2D eigenvalue weighted by atomic mass is 16.5. The molecule has 4 rings (SSSR count). The van der Waals surface area contributed by atoms with Gasteiger partial charge in [-0.3, -0.25) is 0 Å². The summed E-state index contributed by atoms with van der Waals surface area (Å²) in [6, 6.07) is 18.2. The standard InChI is InChI=1S/C27H28O4/c1-30-24-12-11-21-16-23(10-9-22(21)17-24)25-15-19(8-14-27(28)29)7-13-26(25)31-18-20-5-3-2-4-6-20/h7-17,20H,2-6,18H2,1H3,(H,28,29). The lowest BCUT2D eigenvalue weighted by atomic mass is 9.90. The molecule has 1 N–H and O–H groups in total. The van der Waals surface area contributed by atoms with Crippen LogP contribution in [0.2, 0.25) is 0 Å². The zero-order valence-corrected chi connectivity index (χ0v) is 17.8. The molecular weight excluding hydrogens is 388 g/mol. The molecular formula is C27H28O4. The Hall–Kier alpha value is -3.27. The topological polar surface area (TPSA) is 55.8 Å². The fourth-order valence-electron chi connectivity index (χ4n) is 4.25. The first-order chi connectivity index (χ1) is 15.1. The van der Waals surface area contributed by atoms with E-state index in [9.17, 15) is 4.79 Å². The zero-order valence-electron chi connectivity index (χ0n) is 17.8. The summed E-state index contributed by atoms with van der Waals surface area (Å²) >= 11 is 0. The number of benzene rings is 3.